The number of furan rings is 1. The van der Waals surface area contributed by atoms with Gasteiger partial charge in [-0.2, -0.15) is 0 Å². The van der Waals surface area contributed by atoms with Crippen LogP contribution in [0.5, 0.6) is 5.75 Å². The molecule has 2 amide bonds. The van der Waals surface area contributed by atoms with Crippen LogP contribution in [0.4, 0.5) is 0 Å². The van der Waals surface area contributed by atoms with Gasteiger partial charge < -0.3 is 23.7 Å². The Balaban J connectivity index is 1.34. The molecule has 1 saturated heterocycles. The van der Waals surface area contributed by atoms with Gasteiger partial charge in [-0.25, -0.2) is 0 Å². The van der Waals surface area contributed by atoms with E-state index < -0.39 is 0 Å². The van der Waals surface area contributed by atoms with Gasteiger partial charge >= 0.3 is 0 Å². The van der Waals surface area contributed by atoms with E-state index in [0.29, 0.717) is 50.1 Å². The quantitative estimate of drug-likeness (QED) is 0.512. The van der Waals surface area contributed by atoms with Crippen LogP contribution in [0.1, 0.15) is 52.9 Å². The van der Waals surface area contributed by atoms with Crippen molar-refractivity contribution in [2.75, 3.05) is 32.8 Å². The van der Waals surface area contributed by atoms with E-state index in [1.165, 1.54) is 5.56 Å². The second-order valence-electron chi connectivity index (χ2n) is 9.57. The van der Waals surface area contributed by atoms with Gasteiger partial charge in [0, 0.05) is 25.6 Å². The van der Waals surface area contributed by atoms with E-state index in [1.807, 2.05) is 49.1 Å². The summed E-state index contributed by atoms with van der Waals surface area (Å²) in [6.07, 6.45) is 0.808. The van der Waals surface area contributed by atoms with Crippen molar-refractivity contribution in [2.45, 2.75) is 32.9 Å². The summed E-state index contributed by atoms with van der Waals surface area (Å²) in [6, 6.07) is 19.6. The fraction of sp³-hybridized carbons (Fsp3) is 0.379. The van der Waals surface area contributed by atoms with Crippen LogP contribution in [0.3, 0.4) is 0 Å². The molecule has 2 aromatic carbocycles. The van der Waals surface area contributed by atoms with Crippen LogP contribution < -0.4 is 4.74 Å². The standard InChI is InChI=1S/C29H32N2O5/c1-20(2)28(32)31-13-12-21-8-9-23(18-25(21)27(31)22-6-4-3-5-7-22)35-19-24-10-11-26(36-24)29(33)30-14-16-34-17-15-30/h3-11,18,20,27H,12-17,19H2,1-2H3/t27-/m1/s1. The maximum absolute atomic E-state index is 13.1. The van der Waals surface area contributed by atoms with Crippen LogP contribution in [0.15, 0.2) is 65.1 Å². The van der Waals surface area contributed by atoms with E-state index in [2.05, 4.69) is 18.2 Å². The molecular formula is C29H32N2O5. The maximum atomic E-state index is 13.1. The molecule has 5 rings (SSSR count). The smallest absolute Gasteiger partial charge is 0.289 e. The van der Waals surface area contributed by atoms with E-state index in [1.54, 1.807) is 17.0 Å². The van der Waals surface area contributed by atoms with Crippen molar-refractivity contribution in [1.29, 1.82) is 0 Å². The van der Waals surface area contributed by atoms with Crippen molar-refractivity contribution >= 4 is 11.8 Å². The zero-order chi connectivity index (χ0) is 25.1. The Hall–Kier alpha value is -3.58. The molecule has 1 fully saturated rings. The van der Waals surface area contributed by atoms with Gasteiger partial charge in [-0.1, -0.05) is 50.2 Å². The maximum Gasteiger partial charge on any atom is 0.289 e. The summed E-state index contributed by atoms with van der Waals surface area (Å²) < 4.78 is 17.2. The van der Waals surface area contributed by atoms with Crippen molar-refractivity contribution in [2.24, 2.45) is 5.92 Å². The Labute approximate surface area is 211 Å². The van der Waals surface area contributed by atoms with Gasteiger partial charge in [-0.3, -0.25) is 9.59 Å². The topological polar surface area (TPSA) is 72.2 Å². The Morgan fingerprint density at radius 1 is 1.00 bits per heavy atom. The molecule has 36 heavy (non-hydrogen) atoms. The summed E-state index contributed by atoms with van der Waals surface area (Å²) in [4.78, 5) is 29.5. The van der Waals surface area contributed by atoms with Crippen molar-refractivity contribution in [3.63, 3.8) is 0 Å². The highest BCUT2D eigenvalue weighted by atomic mass is 16.5. The third-order valence-electron chi connectivity index (χ3n) is 6.79. The van der Waals surface area contributed by atoms with Crippen molar-refractivity contribution in [1.82, 2.24) is 9.80 Å². The van der Waals surface area contributed by atoms with E-state index in [-0.39, 0.29) is 30.4 Å². The molecule has 7 nitrogen and oxygen atoms in total. The van der Waals surface area contributed by atoms with Crippen LogP contribution in [0.2, 0.25) is 0 Å². The number of amides is 2. The lowest BCUT2D eigenvalue weighted by molar-refractivity contribution is -0.136. The number of hydrogen-bond acceptors (Lipinski definition) is 5. The lowest BCUT2D eigenvalue weighted by Gasteiger charge is -2.39. The highest BCUT2D eigenvalue weighted by Gasteiger charge is 2.33. The van der Waals surface area contributed by atoms with Crippen LogP contribution in [0.25, 0.3) is 0 Å². The predicted octanol–water partition coefficient (Wildman–Crippen LogP) is 4.46. The Morgan fingerprint density at radius 3 is 2.53 bits per heavy atom. The van der Waals surface area contributed by atoms with Crippen LogP contribution in [0, 0.1) is 5.92 Å². The summed E-state index contributed by atoms with van der Waals surface area (Å²) in [5, 5.41) is 0. The molecule has 1 atom stereocenters. The molecule has 0 saturated carbocycles. The number of rotatable bonds is 6. The molecule has 3 heterocycles. The third kappa shape index (κ3) is 5.02. The minimum atomic E-state index is -0.158. The zero-order valence-electron chi connectivity index (χ0n) is 20.8. The molecule has 0 radical (unpaired) electrons. The molecule has 1 aromatic heterocycles. The van der Waals surface area contributed by atoms with Gasteiger partial charge in [0.15, 0.2) is 5.76 Å². The average molecular weight is 489 g/mol. The Morgan fingerprint density at radius 2 is 1.78 bits per heavy atom. The van der Waals surface area contributed by atoms with Crippen LogP contribution in [-0.4, -0.2) is 54.5 Å². The molecule has 0 N–H and O–H groups in total. The lowest BCUT2D eigenvalue weighted by atomic mass is 9.87. The number of nitrogens with zero attached hydrogens (tertiary/aromatic N) is 2. The molecule has 0 bridgehead atoms. The van der Waals surface area contributed by atoms with E-state index >= 15 is 0 Å². The molecule has 0 aliphatic carbocycles. The fourth-order valence-electron chi connectivity index (χ4n) is 4.89. The van der Waals surface area contributed by atoms with E-state index in [9.17, 15) is 9.59 Å². The van der Waals surface area contributed by atoms with Gasteiger partial charge in [-0.15, -0.1) is 0 Å². The minimum Gasteiger partial charge on any atom is -0.486 e. The summed E-state index contributed by atoms with van der Waals surface area (Å²) >= 11 is 0. The fourth-order valence-corrected chi connectivity index (χ4v) is 4.89. The van der Waals surface area contributed by atoms with Crippen molar-refractivity contribution < 1.29 is 23.5 Å². The number of morpholine rings is 1. The van der Waals surface area contributed by atoms with Gasteiger partial charge in [0.1, 0.15) is 18.1 Å². The second-order valence-corrected chi connectivity index (χ2v) is 9.57. The number of fused-ring (bicyclic) bond motifs is 1. The van der Waals surface area contributed by atoms with Gasteiger partial charge in [0.2, 0.25) is 5.91 Å². The molecule has 3 aromatic rings. The first kappa shape index (κ1) is 24.1. The van der Waals surface area contributed by atoms with Crippen molar-refractivity contribution in [3.8, 4) is 5.75 Å². The number of ether oxygens (including phenoxy) is 2. The third-order valence-corrected chi connectivity index (χ3v) is 6.79. The summed E-state index contributed by atoms with van der Waals surface area (Å²) in [7, 11) is 0. The molecular weight excluding hydrogens is 456 g/mol. The summed E-state index contributed by atoms with van der Waals surface area (Å²) in [5.74, 6) is 1.54. The average Bonchev–Trinajstić information content (AvgIpc) is 3.40. The first-order chi connectivity index (χ1) is 17.5. The summed E-state index contributed by atoms with van der Waals surface area (Å²) in [5.41, 5.74) is 3.39. The SMILES string of the molecule is CC(C)C(=O)N1CCc2ccc(OCc3ccc(C(=O)N4CCOCC4)o3)cc2[C@H]1c1ccccc1. The number of benzene rings is 2. The van der Waals surface area contributed by atoms with E-state index in [4.69, 9.17) is 13.9 Å². The monoisotopic (exact) mass is 488 g/mol. The molecule has 0 unspecified atom stereocenters. The highest BCUT2D eigenvalue weighted by Crippen LogP contribution is 2.38. The lowest BCUT2D eigenvalue weighted by Crippen LogP contribution is -2.42. The number of carbonyl (C=O) groups excluding carboxylic acids is 2. The van der Waals surface area contributed by atoms with Crippen LogP contribution >= 0.6 is 0 Å². The number of hydrogen-bond donors (Lipinski definition) is 0. The minimum absolute atomic E-state index is 0.0782. The Bertz CT molecular complexity index is 1210. The largest absolute Gasteiger partial charge is 0.486 e. The zero-order valence-corrected chi connectivity index (χ0v) is 20.8. The summed E-state index contributed by atoms with van der Waals surface area (Å²) in [6.45, 7) is 7.02. The first-order valence-electron chi connectivity index (χ1n) is 12.6. The van der Waals surface area contributed by atoms with Gasteiger partial charge in [-0.05, 0) is 47.4 Å². The predicted molar refractivity (Wildman–Crippen MR) is 135 cm³/mol. The molecule has 188 valence electrons. The molecule has 7 heteroatoms. The normalized spacial score (nSPS) is 17.7. The Kier molecular flexibility index (Phi) is 7.09. The van der Waals surface area contributed by atoms with Crippen molar-refractivity contribution in [3.05, 3.63) is 88.9 Å². The van der Waals surface area contributed by atoms with Gasteiger partial charge in [0.05, 0.1) is 19.3 Å². The number of carbonyl (C=O) groups is 2. The van der Waals surface area contributed by atoms with E-state index in [0.717, 1.165) is 17.5 Å². The highest BCUT2D eigenvalue weighted by molar-refractivity contribution is 5.91. The van der Waals surface area contributed by atoms with Gasteiger partial charge in [0.25, 0.3) is 5.91 Å². The first-order valence-corrected chi connectivity index (χ1v) is 12.6. The van der Waals surface area contributed by atoms with Crippen LogP contribution in [-0.2, 0) is 22.6 Å². The molecule has 2 aliphatic rings. The molecule has 2 aliphatic heterocycles. The molecule has 0 spiro atoms. The second kappa shape index (κ2) is 10.6.